The van der Waals surface area contributed by atoms with Gasteiger partial charge in [-0.25, -0.2) is 0 Å². The third-order valence-corrected chi connectivity index (χ3v) is 2.30. The fourth-order valence-electron chi connectivity index (χ4n) is 1.32. The Morgan fingerprint density at radius 3 is 1.96 bits per heavy atom. The van der Waals surface area contributed by atoms with Crippen molar-refractivity contribution in [3.63, 3.8) is 0 Å². The number of halogens is 9. The second-order valence-electron chi connectivity index (χ2n) is 4.00. The number of alkyl halides is 6. The van der Waals surface area contributed by atoms with Crippen LogP contribution in [0.3, 0.4) is 0 Å². The van der Waals surface area contributed by atoms with Gasteiger partial charge in [0.25, 0.3) is 0 Å². The zero-order valence-electron chi connectivity index (χ0n) is 11.8. The summed E-state index contributed by atoms with van der Waals surface area (Å²) >= 11 is 4.24. The van der Waals surface area contributed by atoms with E-state index < -0.39 is 35.3 Å². The molecule has 4 nitrogen and oxygen atoms in total. The molecule has 2 rings (SSSR count). The van der Waals surface area contributed by atoms with E-state index in [1.165, 1.54) is 0 Å². The summed E-state index contributed by atoms with van der Waals surface area (Å²) in [6.45, 7) is 0. The molecule has 1 aromatic heterocycles. The zero-order valence-corrected chi connectivity index (χ0v) is 18.5. The summed E-state index contributed by atoms with van der Waals surface area (Å²) in [5, 5.41) is 11.0. The van der Waals surface area contributed by atoms with Gasteiger partial charge in [0.2, 0.25) is 5.56 Å². The van der Waals surface area contributed by atoms with Gasteiger partial charge in [0, 0.05) is 49.5 Å². The molecule has 0 fully saturated rings. The maximum absolute atomic E-state index is 11.9. The maximum atomic E-state index is 11.9. The molecule has 0 amide bonds. The van der Waals surface area contributed by atoms with Crippen LogP contribution in [0.1, 0.15) is 5.56 Å². The van der Waals surface area contributed by atoms with Gasteiger partial charge >= 0.3 is 12.4 Å². The van der Waals surface area contributed by atoms with Crippen LogP contribution in [-0.2, 0) is 6.18 Å². The number of aliphatic hydroxyl groups is 1. The Labute approximate surface area is 178 Å². The molecule has 0 saturated carbocycles. The topological polar surface area (TPSA) is 65.1 Å². The summed E-state index contributed by atoms with van der Waals surface area (Å²) in [6.07, 6.45) is -6.45. The molecule has 144 valence electrons. The van der Waals surface area contributed by atoms with E-state index >= 15 is 0 Å². The number of hydrogen-bond acceptors (Lipinski definition) is 3. The first kappa shape index (κ1) is 27.2. The number of pyridine rings is 1. The van der Waals surface area contributed by atoms with E-state index in [1.54, 1.807) is 0 Å². The van der Waals surface area contributed by atoms with Gasteiger partial charge in [0.1, 0.15) is 6.23 Å². The van der Waals surface area contributed by atoms with Crippen molar-refractivity contribution in [2.24, 2.45) is 0 Å². The van der Waals surface area contributed by atoms with Crippen LogP contribution >= 0.6 is 61.2 Å². The van der Waals surface area contributed by atoms with Crippen molar-refractivity contribution in [2.45, 2.75) is 18.6 Å². The highest BCUT2D eigenvalue weighted by molar-refractivity contribution is 15.0. The monoisotopic (exact) mass is 710 g/mol. The van der Waals surface area contributed by atoms with Gasteiger partial charge in [-0.1, -0.05) is 0 Å². The van der Waals surface area contributed by atoms with Crippen molar-refractivity contribution in [3.05, 3.63) is 58.2 Å². The number of H-pyrrole nitrogens is 1. The Morgan fingerprint density at radius 1 is 1.08 bits per heavy atom. The van der Waals surface area contributed by atoms with Crippen molar-refractivity contribution in [2.75, 3.05) is 0 Å². The van der Waals surface area contributed by atoms with Gasteiger partial charge in [-0.2, -0.15) is 26.3 Å². The van der Waals surface area contributed by atoms with Crippen LogP contribution in [0.25, 0.3) is 0 Å². The fraction of sp³-hybridized carbons (Fsp3) is 0.250. The number of dihydropyridines is 1. The highest BCUT2D eigenvalue weighted by Gasteiger charge is 2.33. The van der Waals surface area contributed by atoms with Gasteiger partial charge in [0.05, 0.1) is 11.1 Å². The second kappa shape index (κ2) is 12.4. The van der Waals surface area contributed by atoms with E-state index in [9.17, 15) is 31.1 Å². The van der Waals surface area contributed by atoms with Crippen molar-refractivity contribution >= 4 is 61.2 Å². The van der Waals surface area contributed by atoms with E-state index in [4.69, 9.17) is 5.11 Å². The molecule has 0 saturated heterocycles. The largest absolute Gasteiger partial charge is 0.416 e. The van der Waals surface area contributed by atoms with Gasteiger partial charge < -0.3 is 15.4 Å². The summed E-state index contributed by atoms with van der Waals surface area (Å²) in [5.41, 5.74) is -2.51. The average Bonchev–Trinajstić information content (AvgIpc) is 2.48. The van der Waals surface area contributed by atoms with Crippen LogP contribution < -0.4 is 10.9 Å². The van der Waals surface area contributed by atoms with Crippen molar-refractivity contribution in [1.82, 2.24) is 10.3 Å². The first-order valence-electron chi connectivity index (χ1n) is 5.80. The van der Waals surface area contributed by atoms with E-state index in [0.717, 1.165) is 24.5 Å². The molecule has 1 unspecified atom stereocenters. The smallest absolute Gasteiger partial charge is 0.370 e. The molecule has 1 aliphatic heterocycles. The Bertz CT molecular complexity index is 628. The van der Waals surface area contributed by atoms with Crippen LogP contribution in [0.2, 0.25) is 0 Å². The molecular weight excluding hydrogens is 699 g/mol. The lowest BCUT2D eigenvalue weighted by atomic mass is 10.2. The standard InChI is InChI=1S/C6H6F3NO.C6H4F3NO.I2.HI/c2*7-6(8,9)4-1-2-10-5(11)3-4;1-2;/h1-3,5,10-11H;1-3H,(H,10,11);;1H. The molecule has 1 atom stereocenters. The summed E-state index contributed by atoms with van der Waals surface area (Å²) in [5.74, 6) is 0. The van der Waals surface area contributed by atoms with Crippen LogP contribution in [0, 0.1) is 0 Å². The highest BCUT2D eigenvalue weighted by Crippen LogP contribution is 2.28. The number of aromatic amines is 1. The fourth-order valence-corrected chi connectivity index (χ4v) is 1.32. The first-order valence-corrected chi connectivity index (χ1v) is 12.1. The Balaban J connectivity index is 0. The van der Waals surface area contributed by atoms with E-state index in [-0.39, 0.29) is 24.0 Å². The van der Waals surface area contributed by atoms with Gasteiger partial charge in [-0.3, -0.25) is 4.79 Å². The molecule has 0 aromatic carbocycles. The minimum atomic E-state index is -4.44. The molecule has 2 heterocycles. The summed E-state index contributed by atoms with van der Waals surface area (Å²) in [4.78, 5) is 12.5. The molecule has 25 heavy (non-hydrogen) atoms. The van der Waals surface area contributed by atoms with Crippen molar-refractivity contribution in [1.29, 1.82) is 0 Å². The highest BCUT2D eigenvalue weighted by atomic mass is 128. The van der Waals surface area contributed by atoms with Gasteiger partial charge in [0.15, 0.2) is 0 Å². The average molecular weight is 710 g/mol. The Kier molecular flexibility index (Phi) is 13.4. The molecule has 0 radical (unpaired) electrons. The summed E-state index contributed by atoms with van der Waals surface area (Å²) in [7, 11) is 0. The second-order valence-corrected chi connectivity index (χ2v) is 4.00. The van der Waals surface area contributed by atoms with Crippen molar-refractivity contribution in [3.8, 4) is 0 Å². The third kappa shape index (κ3) is 11.3. The molecular formula is C12H11F6I3N2O2. The number of rotatable bonds is 0. The quantitative estimate of drug-likeness (QED) is 0.271. The first-order chi connectivity index (χ1) is 11.0. The predicted molar refractivity (Wildman–Crippen MR) is 108 cm³/mol. The van der Waals surface area contributed by atoms with Crippen molar-refractivity contribution < 1.29 is 31.4 Å². The zero-order chi connectivity index (χ0) is 19.0. The lowest BCUT2D eigenvalue weighted by Gasteiger charge is -2.15. The van der Waals surface area contributed by atoms with E-state index in [0.29, 0.717) is 12.1 Å². The predicted octanol–water partition coefficient (Wildman–Crippen LogP) is 4.69. The third-order valence-electron chi connectivity index (χ3n) is 2.30. The minimum Gasteiger partial charge on any atom is -0.370 e. The molecule has 3 N–H and O–H groups in total. The van der Waals surface area contributed by atoms with Crippen LogP contribution in [0.4, 0.5) is 26.3 Å². The molecule has 1 aliphatic rings. The number of hydrogen-bond donors (Lipinski definition) is 3. The Morgan fingerprint density at radius 2 is 1.64 bits per heavy atom. The molecule has 0 bridgehead atoms. The van der Waals surface area contributed by atoms with Crippen LogP contribution in [0.15, 0.2) is 47.0 Å². The lowest BCUT2D eigenvalue weighted by Crippen LogP contribution is -2.27. The molecule has 0 spiro atoms. The van der Waals surface area contributed by atoms with Crippen LogP contribution in [0.5, 0.6) is 0 Å². The minimum absolute atomic E-state index is 0. The number of aliphatic hydroxyl groups excluding tert-OH is 1. The molecule has 0 aliphatic carbocycles. The maximum Gasteiger partial charge on any atom is 0.416 e. The summed E-state index contributed by atoms with van der Waals surface area (Å²) in [6, 6.07) is 1.32. The Hall–Kier alpha value is -0.0400. The van der Waals surface area contributed by atoms with Crippen LogP contribution in [-0.4, -0.2) is 22.5 Å². The number of aromatic nitrogens is 1. The molecule has 13 heteroatoms. The summed E-state index contributed by atoms with van der Waals surface area (Å²) < 4.78 is 71.0. The van der Waals surface area contributed by atoms with Gasteiger partial charge in [-0.05, 0) is 24.4 Å². The lowest BCUT2D eigenvalue weighted by molar-refractivity contribution is -0.137. The number of nitrogens with one attached hydrogen (secondary N) is 2. The normalized spacial score (nSPS) is 16.0. The SMILES string of the molecule is I.II.O=c1cc(C(F)(F)F)cc[nH]1.OC1C=C(C(F)(F)F)C=CN1. The van der Waals surface area contributed by atoms with Gasteiger partial charge in [-0.15, -0.1) is 24.0 Å². The van der Waals surface area contributed by atoms with E-state index in [1.807, 2.05) is 0 Å². The molecule has 1 aromatic rings. The van der Waals surface area contributed by atoms with E-state index in [2.05, 4.69) is 47.5 Å². The number of allylic oxidation sites excluding steroid dienone is 2.